The predicted octanol–water partition coefficient (Wildman–Crippen LogP) is 5.64. The number of hydrogen-bond donors (Lipinski definition) is 2. The summed E-state index contributed by atoms with van der Waals surface area (Å²) in [4.78, 5) is 25.4. The van der Waals surface area contributed by atoms with E-state index in [1.165, 1.54) is 24.5 Å². The lowest BCUT2D eigenvalue weighted by atomic mass is 10.1. The summed E-state index contributed by atoms with van der Waals surface area (Å²) in [7, 11) is 0. The van der Waals surface area contributed by atoms with Crippen molar-refractivity contribution in [2.45, 2.75) is 6.92 Å². The molecule has 0 aliphatic rings. The maximum absolute atomic E-state index is 13.4. The summed E-state index contributed by atoms with van der Waals surface area (Å²) in [6.07, 6.45) is 4.82. The van der Waals surface area contributed by atoms with Crippen LogP contribution in [-0.4, -0.2) is 20.9 Å². The van der Waals surface area contributed by atoms with Crippen molar-refractivity contribution in [3.63, 3.8) is 0 Å². The summed E-state index contributed by atoms with van der Waals surface area (Å²) in [6.45, 7) is 1.93. The van der Waals surface area contributed by atoms with Crippen LogP contribution in [-0.2, 0) is 0 Å². The van der Waals surface area contributed by atoms with Crippen LogP contribution < -0.4 is 10.6 Å². The van der Waals surface area contributed by atoms with Gasteiger partial charge in [0.25, 0.3) is 5.91 Å². The van der Waals surface area contributed by atoms with Crippen LogP contribution in [0, 0.1) is 12.7 Å². The molecule has 0 saturated carbocycles. The van der Waals surface area contributed by atoms with Gasteiger partial charge in [-0.25, -0.2) is 19.3 Å². The van der Waals surface area contributed by atoms with Crippen LogP contribution in [0.4, 0.5) is 21.6 Å². The molecular formula is C23H17ClFN5O. The Hall–Kier alpha value is -3.84. The molecule has 0 aliphatic carbocycles. The molecule has 8 heteroatoms. The van der Waals surface area contributed by atoms with E-state index < -0.39 is 5.82 Å². The van der Waals surface area contributed by atoms with Gasteiger partial charge in [0.1, 0.15) is 18.0 Å². The van der Waals surface area contributed by atoms with Gasteiger partial charge in [-0.2, -0.15) is 0 Å². The zero-order valence-corrected chi connectivity index (χ0v) is 17.2. The largest absolute Gasteiger partial charge is 0.339 e. The average molecular weight is 434 g/mol. The number of carbonyl (C=O) groups is 1. The maximum Gasteiger partial charge on any atom is 0.255 e. The number of nitrogens with one attached hydrogen (secondary N) is 2. The van der Waals surface area contributed by atoms with E-state index in [0.29, 0.717) is 17.1 Å². The van der Waals surface area contributed by atoms with E-state index in [2.05, 4.69) is 25.6 Å². The van der Waals surface area contributed by atoms with Crippen LogP contribution in [0.3, 0.4) is 0 Å². The van der Waals surface area contributed by atoms with E-state index in [-0.39, 0.29) is 10.9 Å². The second kappa shape index (κ2) is 8.89. The molecule has 2 N–H and O–H groups in total. The van der Waals surface area contributed by atoms with Gasteiger partial charge in [-0.15, -0.1) is 0 Å². The molecule has 1 amide bonds. The first-order valence-corrected chi connectivity index (χ1v) is 9.74. The molecule has 4 rings (SSSR count). The summed E-state index contributed by atoms with van der Waals surface area (Å²) >= 11 is 5.79. The highest BCUT2D eigenvalue weighted by Gasteiger charge is 2.13. The molecule has 154 valence electrons. The molecule has 2 heterocycles. The molecular weight excluding hydrogens is 417 g/mol. The van der Waals surface area contributed by atoms with Crippen molar-refractivity contribution in [2.24, 2.45) is 0 Å². The molecule has 2 aromatic carbocycles. The Balaban J connectivity index is 1.61. The third-order valence-electron chi connectivity index (χ3n) is 4.60. The van der Waals surface area contributed by atoms with Crippen molar-refractivity contribution in [2.75, 3.05) is 10.6 Å². The number of halogens is 2. The number of pyridine rings is 1. The van der Waals surface area contributed by atoms with E-state index in [0.717, 1.165) is 22.5 Å². The summed E-state index contributed by atoms with van der Waals surface area (Å²) in [5.74, 6) is -0.286. The number of aromatic nitrogens is 3. The Morgan fingerprint density at radius 2 is 1.90 bits per heavy atom. The number of aryl methyl sites for hydroxylation is 1. The molecule has 0 bridgehead atoms. The fourth-order valence-electron chi connectivity index (χ4n) is 2.96. The van der Waals surface area contributed by atoms with Crippen molar-refractivity contribution >= 4 is 34.7 Å². The molecule has 0 spiro atoms. The summed E-state index contributed by atoms with van der Waals surface area (Å²) in [5.41, 5.74) is 4.01. The lowest BCUT2D eigenvalue weighted by molar-refractivity contribution is 0.102. The molecule has 0 aliphatic heterocycles. The van der Waals surface area contributed by atoms with E-state index in [1.807, 2.05) is 25.1 Å². The number of amides is 1. The van der Waals surface area contributed by atoms with Gasteiger partial charge < -0.3 is 10.6 Å². The zero-order chi connectivity index (χ0) is 21.8. The number of benzene rings is 2. The van der Waals surface area contributed by atoms with Crippen LogP contribution in [0.25, 0.3) is 11.3 Å². The topological polar surface area (TPSA) is 79.8 Å². The van der Waals surface area contributed by atoms with Gasteiger partial charge in [-0.3, -0.25) is 4.79 Å². The van der Waals surface area contributed by atoms with E-state index in [1.54, 1.807) is 30.6 Å². The first-order valence-electron chi connectivity index (χ1n) is 9.37. The van der Waals surface area contributed by atoms with Crippen LogP contribution in [0.1, 0.15) is 15.9 Å². The quantitative estimate of drug-likeness (QED) is 0.426. The molecule has 6 nitrogen and oxygen atoms in total. The minimum atomic E-state index is -0.545. The molecule has 2 aromatic heterocycles. The SMILES string of the molecule is Cc1ccc(C(=O)Nc2ccc(F)c(Cl)c2)cc1Nc1ncccc1-c1ccncn1. The van der Waals surface area contributed by atoms with Crippen molar-refractivity contribution < 1.29 is 9.18 Å². The molecule has 0 fully saturated rings. The lowest BCUT2D eigenvalue weighted by Crippen LogP contribution is -2.12. The molecule has 4 aromatic rings. The first-order chi connectivity index (χ1) is 15.0. The zero-order valence-electron chi connectivity index (χ0n) is 16.4. The number of carbonyl (C=O) groups excluding carboxylic acids is 1. The van der Waals surface area contributed by atoms with Gasteiger partial charge in [-0.1, -0.05) is 17.7 Å². The third-order valence-corrected chi connectivity index (χ3v) is 4.89. The Labute approximate surface area is 183 Å². The number of anilines is 3. The van der Waals surface area contributed by atoms with Crippen molar-refractivity contribution in [1.82, 2.24) is 15.0 Å². The lowest BCUT2D eigenvalue weighted by Gasteiger charge is -2.14. The monoisotopic (exact) mass is 433 g/mol. The number of nitrogens with zero attached hydrogens (tertiary/aromatic N) is 3. The standard InChI is InChI=1S/C23H17ClFN5O/c1-14-4-5-15(23(31)29-16-6-7-19(25)18(24)12-16)11-21(14)30-22-17(3-2-9-27-22)20-8-10-26-13-28-20/h2-13H,1H3,(H,27,30)(H,29,31). The molecule has 0 atom stereocenters. The minimum absolute atomic E-state index is 0.0588. The normalized spacial score (nSPS) is 10.5. The Morgan fingerprint density at radius 3 is 2.68 bits per heavy atom. The van der Waals surface area contributed by atoms with Gasteiger partial charge in [0.05, 0.1) is 10.7 Å². The van der Waals surface area contributed by atoms with E-state index in [9.17, 15) is 9.18 Å². The fourth-order valence-corrected chi connectivity index (χ4v) is 3.14. The van der Waals surface area contributed by atoms with Crippen LogP contribution >= 0.6 is 11.6 Å². The van der Waals surface area contributed by atoms with Crippen molar-refractivity contribution in [3.8, 4) is 11.3 Å². The van der Waals surface area contributed by atoms with Crippen molar-refractivity contribution in [3.05, 3.63) is 95.3 Å². The Kier molecular flexibility index (Phi) is 5.86. The van der Waals surface area contributed by atoms with Gasteiger partial charge in [0.15, 0.2) is 0 Å². The Morgan fingerprint density at radius 1 is 1.03 bits per heavy atom. The maximum atomic E-state index is 13.4. The summed E-state index contributed by atoms with van der Waals surface area (Å²) in [5, 5.41) is 5.96. The second-order valence-corrected chi connectivity index (χ2v) is 7.14. The van der Waals surface area contributed by atoms with Crippen LogP contribution in [0.15, 0.2) is 73.3 Å². The highest BCUT2D eigenvalue weighted by atomic mass is 35.5. The van der Waals surface area contributed by atoms with E-state index in [4.69, 9.17) is 11.6 Å². The number of rotatable bonds is 5. The van der Waals surface area contributed by atoms with Gasteiger partial charge in [-0.05, 0) is 61.0 Å². The van der Waals surface area contributed by atoms with Gasteiger partial charge >= 0.3 is 0 Å². The predicted molar refractivity (Wildman–Crippen MR) is 119 cm³/mol. The first kappa shape index (κ1) is 20.4. The molecule has 0 radical (unpaired) electrons. The average Bonchev–Trinajstić information content (AvgIpc) is 2.78. The highest BCUT2D eigenvalue weighted by Crippen LogP contribution is 2.29. The van der Waals surface area contributed by atoms with Crippen LogP contribution in [0.2, 0.25) is 5.02 Å². The summed E-state index contributed by atoms with van der Waals surface area (Å²) in [6, 6.07) is 14.8. The minimum Gasteiger partial charge on any atom is -0.339 e. The van der Waals surface area contributed by atoms with Crippen molar-refractivity contribution in [1.29, 1.82) is 0 Å². The fraction of sp³-hybridized carbons (Fsp3) is 0.0435. The molecule has 0 saturated heterocycles. The highest BCUT2D eigenvalue weighted by molar-refractivity contribution is 6.31. The third kappa shape index (κ3) is 4.67. The smallest absolute Gasteiger partial charge is 0.255 e. The van der Waals surface area contributed by atoms with Gasteiger partial charge in [0.2, 0.25) is 0 Å². The van der Waals surface area contributed by atoms with Crippen LogP contribution in [0.5, 0.6) is 0 Å². The van der Waals surface area contributed by atoms with E-state index >= 15 is 0 Å². The summed E-state index contributed by atoms with van der Waals surface area (Å²) < 4.78 is 13.4. The van der Waals surface area contributed by atoms with Gasteiger partial charge in [0, 0.05) is 34.9 Å². The molecule has 0 unspecified atom stereocenters. The molecule has 31 heavy (non-hydrogen) atoms. The Bertz CT molecular complexity index is 1250. The second-order valence-electron chi connectivity index (χ2n) is 6.73. The number of hydrogen-bond acceptors (Lipinski definition) is 5.